The van der Waals surface area contributed by atoms with Crippen LogP contribution in [-0.2, 0) is 4.79 Å². The summed E-state index contributed by atoms with van der Waals surface area (Å²) < 4.78 is 0. The van der Waals surface area contributed by atoms with Crippen LogP contribution in [0.5, 0.6) is 0 Å². The second-order valence-corrected chi connectivity index (χ2v) is 5.13. The zero-order valence-corrected chi connectivity index (χ0v) is 11.9. The minimum absolute atomic E-state index is 0.255. The lowest BCUT2D eigenvalue weighted by Crippen LogP contribution is -2.21. The van der Waals surface area contributed by atoms with Crippen LogP contribution < -0.4 is 5.32 Å². The van der Waals surface area contributed by atoms with E-state index in [1.807, 2.05) is 54.6 Å². The summed E-state index contributed by atoms with van der Waals surface area (Å²) in [5.74, 6) is 0. The lowest BCUT2D eigenvalue weighted by molar-refractivity contribution is -0.109. The van der Waals surface area contributed by atoms with E-state index in [-0.39, 0.29) is 6.04 Å². The second kappa shape index (κ2) is 5.94. The van der Waals surface area contributed by atoms with E-state index in [1.165, 1.54) is 0 Å². The third-order valence-electron chi connectivity index (χ3n) is 3.41. The van der Waals surface area contributed by atoms with Crippen molar-refractivity contribution in [1.82, 2.24) is 10.3 Å². The van der Waals surface area contributed by atoms with Gasteiger partial charge >= 0.3 is 0 Å². The molecule has 3 rings (SSSR count). The van der Waals surface area contributed by atoms with E-state index in [0.717, 1.165) is 22.0 Å². The number of hydrogen-bond acceptors (Lipinski definition) is 2. The molecule has 1 atom stereocenters. The van der Waals surface area contributed by atoms with Gasteiger partial charge in [0, 0.05) is 16.6 Å². The van der Waals surface area contributed by atoms with E-state index in [0.29, 0.717) is 11.4 Å². The van der Waals surface area contributed by atoms with E-state index in [4.69, 9.17) is 11.6 Å². The van der Waals surface area contributed by atoms with E-state index in [9.17, 15) is 4.79 Å². The van der Waals surface area contributed by atoms with Crippen LogP contribution in [0.4, 0.5) is 0 Å². The molecule has 0 saturated carbocycles. The van der Waals surface area contributed by atoms with Gasteiger partial charge in [0.25, 0.3) is 0 Å². The van der Waals surface area contributed by atoms with Crippen molar-refractivity contribution >= 4 is 28.9 Å². The van der Waals surface area contributed by atoms with Gasteiger partial charge in [-0.05, 0) is 35.4 Å². The molecule has 1 aromatic heterocycles. The quantitative estimate of drug-likeness (QED) is 0.746. The van der Waals surface area contributed by atoms with Crippen molar-refractivity contribution in [1.29, 1.82) is 0 Å². The van der Waals surface area contributed by atoms with Crippen molar-refractivity contribution in [3.8, 4) is 0 Å². The first kappa shape index (κ1) is 13.6. The van der Waals surface area contributed by atoms with E-state index < -0.39 is 0 Å². The molecule has 1 heterocycles. The van der Waals surface area contributed by atoms with Crippen molar-refractivity contribution in [2.24, 2.45) is 0 Å². The van der Waals surface area contributed by atoms with Crippen molar-refractivity contribution < 1.29 is 4.79 Å². The highest BCUT2D eigenvalue weighted by Gasteiger charge is 2.16. The van der Waals surface area contributed by atoms with Crippen LogP contribution in [-0.4, -0.2) is 11.4 Å². The molecule has 3 nitrogen and oxygen atoms in total. The van der Waals surface area contributed by atoms with Gasteiger partial charge in [-0.15, -0.1) is 0 Å². The first-order valence-electron chi connectivity index (χ1n) is 6.58. The molecule has 0 aliphatic heterocycles. The molecule has 0 saturated heterocycles. The summed E-state index contributed by atoms with van der Waals surface area (Å²) in [4.78, 5) is 15.4. The Morgan fingerprint density at radius 2 is 1.95 bits per heavy atom. The van der Waals surface area contributed by atoms with Crippen molar-refractivity contribution in [3.05, 3.63) is 76.9 Å². The molecule has 0 aliphatic rings. The predicted octanol–water partition coefficient (Wildman–Crippen LogP) is 3.72. The highest BCUT2D eigenvalue weighted by Crippen LogP contribution is 2.28. The van der Waals surface area contributed by atoms with Crippen LogP contribution in [0.3, 0.4) is 0 Å². The lowest BCUT2D eigenvalue weighted by Gasteiger charge is -2.19. The van der Waals surface area contributed by atoms with Crippen LogP contribution in [0, 0.1) is 0 Å². The summed E-state index contributed by atoms with van der Waals surface area (Å²) in [6.45, 7) is 0. The molecule has 1 N–H and O–H groups in total. The van der Waals surface area contributed by atoms with Gasteiger partial charge in [0.1, 0.15) is 0 Å². The van der Waals surface area contributed by atoms with Gasteiger partial charge in [-0.25, -0.2) is 0 Å². The van der Waals surface area contributed by atoms with Crippen LogP contribution >= 0.6 is 11.6 Å². The average molecular weight is 297 g/mol. The van der Waals surface area contributed by atoms with Gasteiger partial charge in [0.05, 0.1) is 11.6 Å². The standard InChI is InChI=1S/C17H13ClN2O/c18-13-5-3-4-12(10-13)17(20-11-21)15-8-9-19-16-7-2-1-6-14(15)16/h1-11,17H,(H,20,21). The summed E-state index contributed by atoms with van der Waals surface area (Å²) in [6.07, 6.45) is 2.46. The smallest absolute Gasteiger partial charge is 0.207 e. The van der Waals surface area contributed by atoms with Gasteiger partial charge in [-0.2, -0.15) is 0 Å². The van der Waals surface area contributed by atoms with E-state index in [2.05, 4.69) is 10.3 Å². The zero-order chi connectivity index (χ0) is 14.7. The number of benzene rings is 2. The van der Waals surface area contributed by atoms with E-state index >= 15 is 0 Å². The Labute approximate surface area is 127 Å². The van der Waals surface area contributed by atoms with Gasteiger partial charge in [0.2, 0.25) is 6.41 Å². The molecule has 0 fully saturated rings. The first-order valence-corrected chi connectivity index (χ1v) is 6.96. The molecule has 1 amide bonds. The number of aromatic nitrogens is 1. The molecule has 0 radical (unpaired) electrons. The SMILES string of the molecule is O=CNC(c1cccc(Cl)c1)c1ccnc2ccccc12. The summed E-state index contributed by atoms with van der Waals surface area (Å²) in [5.41, 5.74) is 2.83. The zero-order valence-electron chi connectivity index (χ0n) is 11.2. The summed E-state index contributed by atoms with van der Waals surface area (Å²) >= 11 is 6.07. The number of nitrogens with zero attached hydrogens (tertiary/aromatic N) is 1. The fourth-order valence-corrected chi connectivity index (χ4v) is 2.69. The molecule has 1 unspecified atom stereocenters. The molecule has 0 spiro atoms. The Bertz CT molecular complexity index is 783. The summed E-state index contributed by atoms with van der Waals surface area (Å²) in [6, 6.07) is 17.0. The maximum atomic E-state index is 11.0. The predicted molar refractivity (Wildman–Crippen MR) is 84.2 cm³/mol. The normalized spacial score (nSPS) is 12.0. The highest BCUT2D eigenvalue weighted by molar-refractivity contribution is 6.30. The minimum Gasteiger partial charge on any atom is -0.348 e. The number of amides is 1. The van der Waals surface area contributed by atoms with Gasteiger partial charge < -0.3 is 5.32 Å². The number of carbonyl (C=O) groups is 1. The van der Waals surface area contributed by atoms with Crippen LogP contribution in [0.1, 0.15) is 17.2 Å². The largest absolute Gasteiger partial charge is 0.348 e. The molecular weight excluding hydrogens is 284 g/mol. The van der Waals surface area contributed by atoms with Gasteiger partial charge in [-0.3, -0.25) is 9.78 Å². The number of pyridine rings is 1. The second-order valence-electron chi connectivity index (χ2n) is 4.69. The number of fused-ring (bicyclic) bond motifs is 1. The minimum atomic E-state index is -0.255. The average Bonchev–Trinajstić information content (AvgIpc) is 2.52. The van der Waals surface area contributed by atoms with Crippen molar-refractivity contribution in [2.45, 2.75) is 6.04 Å². The topological polar surface area (TPSA) is 42.0 Å². The Balaban J connectivity index is 2.18. The maximum absolute atomic E-state index is 11.0. The number of para-hydroxylation sites is 1. The van der Waals surface area contributed by atoms with Gasteiger partial charge in [-0.1, -0.05) is 41.9 Å². The number of nitrogens with one attached hydrogen (secondary N) is 1. The van der Waals surface area contributed by atoms with Crippen LogP contribution in [0.25, 0.3) is 10.9 Å². The monoisotopic (exact) mass is 296 g/mol. The molecular formula is C17H13ClN2O. The fourth-order valence-electron chi connectivity index (χ4n) is 2.49. The Morgan fingerprint density at radius 1 is 1.10 bits per heavy atom. The number of carbonyl (C=O) groups excluding carboxylic acids is 1. The fraction of sp³-hybridized carbons (Fsp3) is 0.0588. The molecule has 104 valence electrons. The molecule has 0 aliphatic carbocycles. The van der Waals surface area contributed by atoms with Crippen molar-refractivity contribution in [3.63, 3.8) is 0 Å². The van der Waals surface area contributed by atoms with E-state index in [1.54, 1.807) is 6.20 Å². The number of halogens is 1. The number of rotatable bonds is 4. The Hall–Kier alpha value is -2.39. The Kier molecular flexibility index (Phi) is 3.84. The lowest BCUT2D eigenvalue weighted by atomic mass is 9.96. The van der Waals surface area contributed by atoms with Crippen LogP contribution in [0.15, 0.2) is 60.8 Å². The Morgan fingerprint density at radius 3 is 2.76 bits per heavy atom. The summed E-state index contributed by atoms with van der Waals surface area (Å²) in [5, 5.41) is 4.52. The summed E-state index contributed by atoms with van der Waals surface area (Å²) in [7, 11) is 0. The molecule has 3 aromatic rings. The van der Waals surface area contributed by atoms with Gasteiger partial charge in [0.15, 0.2) is 0 Å². The molecule has 21 heavy (non-hydrogen) atoms. The number of hydrogen-bond donors (Lipinski definition) is 1. The maximum Gasteiger partial charge on any atom is 0.207 e. The highest BCUT2D eigenvalue weighted by atomic mass is 35.5. The molecule has 0 bridgehead atoms. The molecule has 2 aromatic carbocycles. The van der Waals surface area contributed by atoms with Crippen LogP contribution in [0.2, 0.25) is 5.02 Å². The first-order chi connectivity index (χ1) is 10.3. The third-order valence-corrected chi connectivity index (χ3v) is 3.65. The third kappa shape index (κ3) is 2.73. The van der Waals surface area contributed by atoms with Crippen molar-refractivity contribution in [2.75, 3.05) is 0 Å². The molecule has 4 heteroatoms.